The maximum Gasteiger partial charge on any atom is 0.319 e. The van der Waals surface area contributed by atoms with E-state index in [0.717, 1.165) is 37.9 Å². The van der Waals surface area contributed by atoms with Crippen LogP contribution in [-0.4, -0.2) is 36.5 Å². The van der Waals surface area contributed by atoms with Crippen molar-refractivity contribution in [3.8, 4) is 11.5 Å². The topological polar surface area (TPSA) is 70.7 Å². The van der Waals surface area contributed by atoms with Crippen molar-refractivity contribution >= 4 is 17.6 Å². The van der Waals surface area contributed by atoms with Crippen LogP contribution >= 0.6 is 0 Å². The van der Waals surface area contributed by atoms with Crippen LogP contribution in [0.25, 0.3) is 0 Å². The molecule has 2 aromatic carbocycles. The van der Waals surface area contributed by atoms with Crippen molar-refractivity contribution < 1.29 is 14.3 Å². The zero-order valence-corrected chi connectivity index (χ0v) is 15.5. The van der Waals surface area contributed by atoms with Gasteiger partial charge in [-0.3, -0.25) is 4.79 Å². The fraction of sp³-hybridized carbons (Fsp3) is 0.333. The Bertz CT molecular complexity index is 801. The molecular formula is C21H25N3O3. The van der Waals surface area contributed by atoms with Gasteiger partial charge < -0.3 is 20.3 Å². The fourth-order valence-corrected chi connectivity index (χ4v) is 3.04. The highest BCUT2D eigenvalue weighted by molar-refractivity contribution is 5.93. The molecule has 2 aromatic rings. The van der Waals surface area contributed by atoms with Gasteiger partial charge >= 0.3 is 6.03 Å². The SMILES string of the molecule is Cc1cccc(Oc2ccccc2NC(=O)NCC(=O)N2CCCCC2)c1. The molecule has 1 saturated heterocycles. The number of hydrogen-bond donors (Lipinski definition) is 2. The predicted octanol–water partition coefficient (Wildman–Crippen LogP) is 3.92. The van der Waals surface area contributed by atoms with Gasteiger partial charge in [-0.1, -0.05) is 24.3 Å². The first-order valence-electron chi connectivity index (χ1n) is 9.28. The summed E-state index contributed by atoms with van der Waals surface area (Å²) in [6.07, 6.45) is 3.22. The highest BCUT2D eigenvalue weighted by Gasteiger charge is 2.17. The number of nitrogens with zero attached hydrogens (tertiary/aromatic N) is 1. The molecule has 1 aliphatic rings. The van der Waals surface area contributed by atoms with E-state index in [4.69, 9.17) is 4.74 Å². The molecule has 6 nitrogen and oxygen atoms in total. The summed E-state index contributed by atoms with van der Waals surface area (Å²) in [5.41, 5.74) is 1.63. The number of amides is 3. The third kappa shape index (κ3) is 5.48. The molecule has 0 unspecified atom stereocenters. The summed E-state index contributed by atoms with van der Waals surface area (Å²) in [6, 6.07) is 14.5. The number of urea groups is 1. The number of para-hydroxylation sites is 2. The number of hydrogen-bond acceptors (Lipinski definition) is 3. The zero-order valence-electron chi connectivity index (χ0n) is 15.5. The number of ether oxygens (including phenoxy) is 1. The molecule has 0 atom stereocenters. The van der Waals surface area contributed by atoms with Gasteiger partial charge in [0.25, 0.3) is 0 Å². The summed E-state index contributed by atoms with van der Waals surface area (Å²) in [4.78, 5) is 26.2. The number of nitrogens with one attached hydrogen (secondary N) is 2. The van der Waals surface area contributed by atoms with E-state index in [9.17, 15) is 9.59 Å². The third-order valence-corrected chi connectivity index (χ3v) is 4.46. The smallest absolute Gasteiger partial charge is 0.319 e. The molecule has 6 heteroatoms. The Kier molecular flexibility index (Phi) is 6.30. The highest BCUT2D eigenvalue weighted by Crippen LogP contribution is 2.29. The van der Waals surface area contributed by atoms with Crippen LogP contribution in [0.15, 0.2) is 48.5 Å². The molecule has 142 valence electrons. The number of carbonyl (C=O) groups is 2. The Hall–Kier alpha value is -3.02. The second-order valence-electron chi connectivity index (χ2n) is 6.66. The van der Waals surface area contributed by atoms with Gasteiger partial charge in [-0.2, -0.15) is 0 Å². The maximum absolute atomic E-state index is 12.2. The summed E-state index contributed by atoms with van der Waals surface area (Å²) >= 11 is 0. The summed E-state index contributed by atoms with van der Waals surface area (Å²) in [6.45, 7) is 3.53. The van der Waals surface area contributed by atoms with Gasteiger partial charge in [0.1, 0.15) is 5.75 Å². The lowest BCUT2D eigenvalue weighted by molar-refractivity contribution is -0.130. The van der Waals surface area contributed by atoms with Gasteiger partial charge in [0.05, 0.1) is 12.2 Å². The number of likely N-dealkylation sites (tertiary alicyclic amines) is 1. The van der Waals surface area contributed by atoms with Crippen molar-refractivity contribution in [2.75, 3.05) is 25.0 Å². The molecule has 1 heterocycles. The Morgan fingerprint density at radius 1 is 1.04 bits per heavy atom. The van der Waals surface area contributed by atoms with Gasteiger partial charge in [0.15, 0.2) is 5.75 Å². The van der Waals surface area contributed by atoms with Gasteiger partial charge in [-0.25, -0.2) is 4.79 Å². The van der Waals surface area contributed by atoms with Crippen molar-refractivity contribution in [1.29, 1.82) is 0 Å². The molecular weight excluding hydrogens is 342 g/mol. The van der Waals surface area contributed by atoms with Gasteiger partial charge in [-0.05, 0) is 56.0 Å². The Balaban J connectivity index is 1.57. The average molecular weight is 367 g/mol. The van der Waals surface area contributed by atoms with Crippen molar-refractivity contribution in [1.82, 2.24) is 10.2 Å². The van der Waals surface area contributed by atoms with E-state index < -0.39 is 6.03 Å². The van der Waals surface area contributed by atoms with Crippen LogP contribution in [0.5, 0.6) is 11.5 Å². The van der Waals surface area contributed by atoms with E-state index in [1.54, 1.807) is 17.0 Å². The molecule has 0 bridgehead atoms. The minimum absolute atomic E-state index is 0.00721. The molecule has 1 aliphatic heterocycles. The van der Waals surface area contributed by atoms with Gasteiger partial charge in [0.2, 0.25) is 5.91 Å². The van der Waals surface area contributed by atoms with Crippen molar-refractivity contribution in [3.05, 3.63) is 54.1 Å². The van der Waals surface area contributed by atoms with Crippen LogP contribution in [0.3, 0.4) is 0 Å². The molecule has 3 amide bonds. The van der Waals surface area contributed by atoms with E-state index in [-0.39, 0.29) is 12.5 Å². The van der Waals surface area contributed by atoms with E-state index >= 15 is 0 Å². The van der Waals surface area contributed by atoms with Crippen molar-refractivity contribution in [2.45, 2.75) is 26.2 Å². The fourth-order valence-electron chi connectivity index (χ4n) is 3.04. The lowest BCUT2D eigenvalue weighted by atomic mass is 10.1. The first-order chi connectivity index (χ1) is 13.1. The summed E-state index contributed by atoms with van der Waals surface area (Å²) in [5.74, 6) is 1.19. The van der Waals surface area contributed by atoms with Crippen LogP contribution in [-0.2, 0) is 4.79 Å². The number of benzene rings is 2. The van der Waals surface area contributed by atoms with Crippen molar-refractivity contribution in [3.63, 3.8) is 0 Å². The van der Waals surface area contributed by atoms with E-state index in [1.807, 2.05) is 43.3 Å². The zero-order chi connectivity index (χ0) is 19.1. The second kappa shape index (κ2) is 9.07. The molecule has 2 N–H and O–H groups in total. The minimum atomic E-state index is -0.430. The average Bonchev–Trinajstić information content (AvgIpc) is 2.68. The molecule has 0 saturated carbocycles. The molecule has 0 aromatic heterocycles. The van der Waals surface area contributed by atoms with Gasteiger partial charge in [-0.15, -0.1) is 0 Å². The van der Waals surface area contributed by atoms with Crippen LogP contribution in [0.2, 0.25) is 0 Å². The quantitative estimate of drug-likeness (QED) is 0.841. The summed E-state index contributed by atoms with van der Waals surface area (Å²) < 4.78 is 5.89. The molecule has 0 aliphatic carbocycles. The van der Waals surface area contributed by atoms with Crippen molar-refractivity contribution in [2.24, 2.45) is 0 Å². The summed E-state index contributed by atoms with van der Waals surface area (Å²) in [5, 5.41) is 5.39. The third-order valence-electron chi connectivity index (χ3n) is 4.46. The number of carbonyl (C=O) groups excluding carboxylic acids is 2. The maximum atomic E-state index is 12.2. The lowest BCUT2D eigenvalue weighted by Crippen LogP contribution is -2.43. The standard InChI is InChI=1S/C21H25N3O3/c1-16-8-7-9-17(14-16)27-19-11-4-3-10-18(19)23-21(26)22-15-20(25)24-12-5-2-6-13-24/h3-4,7-11,14H,2,5-6,12-13,15H2,1H3,(H2,22,23,26). The number of anilines is 1. The van der Waals surface area contributed by atoms with E-state index in [2.05, 4.69) is 10.6 Å². The van der Waals surface area contributed by atoms with E-state index in [0.29, 0.717) is 17.2 Å². The van der Waals surface area contributed by atoms with E-state index in [1.165, 1.54) is 0 Å². The summed E-state index contributed by atoms with van der Waals surface area (Å²) in [7, 11) is 0. The second-order valence-corrected chi connectivity index (χ2v) is 6.66. The molecule has 0 spiro atoms. The molecule has 3 rings (SSSR count). The first kappa shape index (κ1) is 18.8. The predicted molar refractivity (Wildman–Crippen MR) is 105 cm³/mol. The molecule has 1 fully saturated rings. The van der Waals surface area contributed by atoms with Crippen LogP contribution < -0.4 is 15.4 Å². The Morgan fingerprint density at radius 3 is 2.59 bits per heavy atom. The van der Waals surface area contributed by atoms with Crippen LogP contribution in [0, 0.1) is 6.92 Å². The normalized spacial score (nSPS) is 13.7. The van der Waals surface area contributed by atoms with Crippen LogP contribution in [0.4, 0.5) is 10.5 Å². The highest BCUT2D eigenvalue weighted by atomic mass is 16.5. The van der Waals surface area contributed by atoms with Crippen LogP contribution in [0.1, 0.15) is 24.8 Å². The largest absolute Gasteiger partial charge is 0.455 e. The number of piperidine rings is 1. The molecule has 0 radical (unpaired) electrons. The number of rotatable bonds is 5. The lowest BCUT2D eigenvalue weighted by Gasteiger charge is -2.26. The Labute approximate surface area is 159 Å². The Morgan fingerprint density at radius 2 is 1.81 bits per heavy atom. The van der Waals surface area contributed by atoms with Gasteiger partial charge in [0, 0.05) is 13.1 Å². The number of aryl methyl sites for hydroxylation is 1. The molecule has 27 heavy (non-hydrogen) atoms. The minimum Gasteiger partial charge on any atom is -0.455 e. The first-order valence-corrected chi connectivity index (χ1v) is 9.28. The monoisotopic (exact) mass is 367 g/mol.